The van der Waals surface area contributed by atoms with Crippen molar-refractivity contribution in [1.82, 2.24) is 0 Å². The number of hydrogen-bond acceptors (Lipinski definition) is 5. The van der Waals surface area contributed by atoms with Crippen molar-refractivity contribution in [2.24, 2.45) is 0 Å². The zero-order valence-electron chi connectivity index (χ0n) is 17.9. The quantitative estimate of drug-likeness (QED) is 0.308. The van der Waals surface area contributed by atoms with Gasteiger partial charge in [-0.25, -0.2) is 12.7 Å². The Morgan fingerprint density at radius 2 is 1.50 bits per heavy atom. The van der Waals surface area contributed by atoms with Gasteiger partial charge in [0, 0.05) is 28.6 Å². The summed E-state index contributed by atoms with van der Waals surface area (Å²) in [7, 11) is -4.21. The summed E-state index contributed by atoms with van der Waals surface area (Å²) in [6.45, 7) is 3.68. The first kappa shape index (κ1) is 23.8. The Hall–Kier alpha value is -2.90. The number of esters is 1. The molecule has 0 radical (unpaired) electrons. The van der Waals surface area contributed by atoms with Crippen molar-refractivity contribution in [1.29, 1.82) is 0 Å². The summed E-state index contributed by atoms with van der Waals surface area (Å²) in [5.74, 6) is -0.615. The summed E-state index contributed by atoms with van der Waals surface area (Å²) in [5.41, 5.74) is 0.198. The van der Waals surface area contributed by atoms with Crippen LogP contribution in [-0.2, 0) is 19.6 Å². The third kappa shape index (κ3) is 4.95. The lowest BCUT2D eigenvalue weighted by Crippen LogP contribution is -2.37. The molecule has 0 saturated carbocycles. The van der Waals surface area contributed by atoms with E-state index in [0.717, 1.165) is 4.31 Å². The lowest BCUT2D eigenvalue weighted by molar-refractivity contribution is -0.134. The highest BCUT2D eigenvalue weighted by Gasteiger charge is 2.32. The first-order valence-electron chi connectivity index (χ1n) is 10.4. The van der Waals surface area contributed by atoms with Crippen LogP contribution in [0.15, 0.2) is 65.6 Å². The van der Waals surface area contributed by atoms with Gasteiger partial charge in [0.05, 0.1) is 10.6 Å². The van der Waals surface area contributed by atoms with E-state index in [-0.39, 0.29) is 29.4 Å². The molecule has 0 unspecified atom stereocenters. The van der Waals surface area contributed by atoms with E-state index in [1.54, 1.807) is 31.2 Å². The number of ether oxygens (including phenoxy) is 1. The Morgan fingerprint density at radius 3 is 2.12 bits per heavy atom. The zero-order valence-corrected chi connectivity index (χ0v) is 19.4. The van der Waals surface area contributed by atoms with E-state index >= 15 is 0 Å². The highest BCUT2D eigenvalue weighted by atomic mass is 35.5. The van der Waals surface area contributed by atoms with E-state index in [1.807, 2.05) is 6.92 Å². The fourth-order valence-corrected chi connectivity index (χ4v) is 4.92. The molecule has 168 valence electrons. The standard InChI is InChI=1S/C24H24ClNO5S/c1-3-7-23(27)26(32(29,30)18-13-11-17(25)12-14-18)21-15-16-22(31-24(28)8-4-2)20-10-6-5-9-19(20)21/h5-6,9-16H,3-4,7-8H2,1-2H3. The second-order valence-corrected chi connectivity index (χ2v) is 9.44. The molecule has 3 aromatic rings. The highest BCUT2D eigenvalue weighted by Crippen LogP contribution is 2.37. The van der Waals surface area contributed by atoms with Gasteiger partial charge in [0.2, 0.25) is 5.91 Å². The number of carbonyl (C=O) groups excluding carboxylic acids is 2. The number of nitrogens with zero attached hydrogens (tertiary/aromatic N) is 1. The van der Waals surface area contributed by atoms with Crippen LogP contribution in [0.1, 0.15) is 39.5 Å². The Morgan fingerprint density at radius 1 is 0.875 bits per heavy atom. The van der Waals surface area contributed by atoms with Gasteiger partial charge < -0.3 is 4.74 Å². The Balaban J connectivity index is 2.19. The van der Waals surface area contributed by atoms with Crippen molar-refractivity contribution in [2.45, 2.75) is 44.4 Å². The van der Waals surface area contributed by atoms with Crippen LogP contribution < -0.4 is 9.04 Å². The molecule has 0 saturated heterocycles. The minimum absolute atomic E-state index is 0.0473. The van der Waals surface area contributed by atoms with Crippen LogP contribution in [0.3, 0.4) is 0 Å². The molecule has 32 heavy (non-hydrogen) atoms. The summed E-state index contributed by atoms with van der Waals surface area (Å²) in [6.07, 6.45) is 1.44. The summed E-state index contributed by atoms with van der Waals surface area (Å²) >= 11 is 5.91. The third-order valence-electron chi connectivity index (χ3n) is 4.80. The van der Waals surface area contributed by atoms with E-state index in [9.17, 15) is 18.0 Å². The molecule has 0 spiro atoms. The summed E-state index contributed by atoms with van der Waals surface area (Å²) in [5, 5.41) is 1.41. The Bertz CT molecular complexity index is 1240. The van der Waals surface area contributed by atoms with Crippen LogP contribution in [0, 0.1) is 0 Å². The summed E-state index contributed by atoms with van der Waals surface area (Å²) in [6, 6.07) is 15.6. The molecule has 0 aliphatic carbocycles. The number of benzene rings is 3. The Kier molecular flexibility index (Phi) is 7.53. The van der Waals surface area contributed by atoms with Crippen molar-refractivity contribution in [3.63, 3.8) is 0 Å². The molecule has 8 heteroatoms. The number of rotatable bonds is 8. The molecule has 0 aliphatic rings. The summed E-state index contributed by atoms with van der Waals surface area (Å²) < 4.78 is 33.4. The van der Waals surface area contributed by atoms with E-state index in [1.165, 1.54) is 36.4 Å². The number of fused-ring (bicyclic) bond motifs is 1. The maximum Gasteiger partial charge on any atom is 0.311 e. The zero-order chi connectivity index (χ0) is 23.3. The van der Waals surface area contributed by atoms with Gasteiger partial charge in [-0.15, -0.1) is 0 Å². The lowest BCUT2D eigenvalue weighted by Gasteiger charge is -2.24. The van der Waals surface area contributed by atoms with Gasteiger partial charge in [0.15, 0.2) is 0 Å². The molecular formula is C24H24ClNO5S. The van der Waals surface area contributed by atoms with Crippen LogP contribution in [0.5, 0.6) is 5.75 Å². The molecule has 3 rings (SSSR count). The van der Waals surface area contributed by atoms with Gasteiger partial charge in [-0.05, 0) is 49.2 Å². The molecule has 1 amide bonds. The van der Waals surface area contributed by atoms with Gasteiger partial charge in [-0.3, -0.25) is 9.59 Å². The number of halogens is 1. The number of hydrogen-bond donors (Lipinski definition) is 0. The van der Waals surface area contributed by atoms with Gasteiger partial charge in [0.1, 0.15) is 5.75 Å². The van der Waals surface area contributed by atoms with Gasteiger partial charge in [0.25, 0.3) is 10.0 Å². The van der Waals surface area contributed by atoms with Crippen LogP contribution in [0.4, 0.5) is 5.69 Å². The average molecular weight is 474 g/mol. The smallest absolute Gasteiger partial charge is 0.311 e. The molecule has 0 bridgehead atoms. The van der Waals surface area contributed by atoms with E-state index in [0.29, 0.717) is 34.4 Å². The lowest BCUT2D eigenvalue weighted by atomic mass is 10.1. The number of sulfonamides is 1. The average Bonchev–Trinajstić information content (AvgIpc) is 2.76. The maximum absolute atomic E-state index is 13.5. The molecule has 0 atom stereocenters. The molecule has 0 aromatic heterocycles. The number of amides is 1. The Labute approximate surface area is 192 Å². The van der Waals surface area contributed by atoms with Gasteiger partial charge >= 0.3 is 5.97 Å². The molecule has 3 aromatic carbocycles. The van der Waals surface area contributed by atoms with Crippen LogP contribution in [0.25, 0.3) is 10.8 Å². The second kappa shape index (κ2) is 10.1. The largest absolute Gasteiger partial charge is 0.426 e. The topological polar surface area (TPSA) is 80.8 Å². The van der Waals surface area contributed by atoms with Crippen LogP contribution >= 0.6 is 11.6 Å². The molecular weight excluding hydrogens is 450 g/mol. The van der Waals surface area contributed by atoms with Crippen molar-refractivity contribution >= 4 is 50.0 Å². The fourth-order valence-electron chi connectivity index (χ4n) is 3.32. The molecule has 6 nitrogen and oxygen atoms in total. The predicted octanol–water partition coefficient (Wildman–Crippen LogP) is 5.72. The van der Waals surface area contributed by atoms with E-state index in [4.69, 9.17) is 16.3 Å². The SMILES string of the molecule is CCCC(=O)Oc1ccc(N(C(=O)CCC)S(=O)(=O)c2ccc(Cl)cc2)c2ccccc12. The molecule has 0 aliphatic heterocycles. The number of carbonyl (C=O) groups is 2. The van der Waals surface area contributed by atoms with Gasteiger partial charge in [-0.1, -0.05) is 49.7 Å². The third-order valence-corrected chi connectivity index (χ3v) is 6.80. The van der Waals surface area contributed by atoms with Crippen molar-refractivity contribution in [2.75, 3.05) is 4.31 Å². The van der Waals surface area contributed by atoms with Gasteiger partial charge in [-0.2, -0.15) is 0 Å². The predicted molar refractivity (Wildman–Crippen MR) is 126 cm³/mol. The first-order valence-corrected chi connectivity index (χ1v) is 12.2. The highest BCUT2D eigenvalue weighted by molar-refractivity contribution is 7.93. The van der Waals surface area contributed by atoms with Crippen molar-refractivity contribution in [3.05, 3.63) is 65.7 Å². The van der Waals surface area contributed by atoms with E-state index in [2.05, 4.69) is 0 Å². The van der Waals surface area contributed by atoms with E-state index < -0.39 is 15.9 Å². The maximum atomic E-state index is 13.5. The minimum atomic E-state index is -4.21. The molecule has 0 heterocycles. The summed E-state index contributed by atoms with van der Waals surface area (Å²) in [4.78, 5) is 25.1. The van der Waals surface area contributed by atoms with Crippen molar-refractivity contribution < 1.29 is 22.7 Å². The van der Waals surface area contributed by atoms with Crippen LogP contribution in [0.2, 0.25) is 5.02 Å². The minimum Gasteiger partial charge on any atom is -0.426 e. The van der Waals surface area contributed by atoms with Crippen LogP contribution in [-0.4, -0.2) is 20.3 Å². The fraction of sp³-hybridized carbons (Fsp3) is 0.250. The monoisotopic (exact) mass is 473 g/mol. The first-order chi connectivity index (χ1) is 15.3. The molecule has 0 N–H and O–H groups in total. The van der Waals surface area contributed by atoms with Crippen molar-refractivity contribution in [3.8, 4) is 5.75 Å². The normalized spacial score (nSPS) is 11.3. The number of anilines is 1. The second-order valence-electron chi connectivity index (χ2n) is 7.22. The molecule has 0 fully saturated rings.